The summed E-state index contributed by atoms with van der Waals surface area (Å²) in [6.07, 6.45) is 1.68. The zero-order chi connectivity index (χ0) is 12.1. The van der Waals surface area contributed by atoms with Gasteiger partial charge in [-0.25, -0.2) is 0 Å². The van der Waals surface area contributed by atoms with Crippen LogP contribution < -0.4 is 0 Å². The Balaban J connectivity index is 2.12. The van der Waals surface area contributed by atoms with Crippen LogP contribution in [-0.2, 0) is 6.54 Å². The average Bonchev–Trinajstić information content (AvgIpc) is 2.83. The number of aliphatic hydroxyl groups excluding tert-OH is 1. The van der Waals surface area contributed by atoms with E-state index in [1.54, 1.807) is 6.26 Å². The molecule has 0 atom stereocenters. The highest BCUT2D eigenvalue weighted by atomic mass is 16.3. The van der Waals surface area contributed by atoms with E-state index in [2.05, 4.69) is 17.0 Å². The van der Waals surface area contributed by atoms with Crippen LogP contribution >= 0.6 is 0 Å². The summed E-state index contributed by atoms with van der Waals surface area (Å²) in [6, 6.07) is 12.1. The van der Waals surface area contributed by atoms with E-state index in [4.69, 9.17) is 9.52 Å². The highest BCUT2D eigenvalue weighted by Crippen LogP contribution is 2.21. The number of nitrogens with zero attached hydrogens (tertiary/aromatic N) is 1. The van der Waals surface area contributed by atoms with Crippen LogP contribution in [0.2, 0.25) is 0 Å². The Kier molecular flexibility index (Phi) is 3.96. The number of likely N-dealkylation sites (N-methyl/N-ethyl adjacent to an activating group) is 1. The smallest absolute Gasteiger partial charge is 0.133 e. The first kappa shape index (κ1) is 11.9. The van der Waals surface area contributed by atoms with Gasteiger partial charge in [-0.2, -0.15) is 0 Å². The minimum Gasteiger partial charge on any atom is -0.464 e. The molecule has 1 heterocycles. The monoisotopic (exact) mass is 231 g/mol. The molecule has 0 unspecified atom stereocenters. The van der Waals surface area contributed by atoms with Gasteiger partial charge in [0.2, 0.25) is 0 Å². The van der Waals surface area contributed by atoms with Crippen molar-refractivity contribution in [2.24, 2.45) is 0 Å². The van der Waals surface area contributed by atoms with Gasteiger partial charge in [-0.1, -0.05) is 18.2 Å². The van der Waals surface area contributed by atoms with Crippen LogP contribution in [0.15, 0.2) is 47.1 Å². The standard InChI is InChI=1S/C14H17NO2/c1-15(7-8-16)11-12-4-2-5-13(10-12)14-6-3-9-17-14/h2-6,9-10,16H,7-8,11H2,1H3. The molecule has 3 nitrogen and oxygen atoms in total. The molecule has 0 bridgehead atoms. The third-order valence-electron chi connectivity index (χ3n) is 2.67. The molecule has 0 fully saturated rings. The zero-order valence-corrected chi connectivity index (χ0v) is 9.97. The lowest BCUT2D eigenvalue weighted by atomic mass is 10.1. The van der Waals surface area contributed by atoms with Crippen molar-refractivity contribution in [1.82, 2.24) is 4.90 Å². The lowest BCUT2D eigenvalue weighted by Crippen LogP contribution is -2.21. The highest BCUT2D eigenvalue weighted by molar-refractivity contribution is 5.58. The SMILES string of the molecule is CN(CCO)Cc1cccc(-c2ccco2)c1. The number of hydrogen-bond acceptors (Lipinski definition) is 3. The number of furan rings is 1. The lowest BCUT2D eigenvalue weighted by molar-refractivity contribution is 0.217. The van der Waals surface area contributed by atoms with Crippen molar-refractivity contribution in [3.05, 3.63) is 48.2 Å². The summed E-state index contributed by atoms with van der Waals surface area (Å²) >= 11 is 0. The maximum absolute atomic E-state index is 8.86. The second kappa shape index (κ2) is 5.66. The van der Waals surface area contributed by atoms with Gasteiger partial charge in [0.05, 0.1) is 12.9 Å². The molecule has 2 aromatic rings. The fourth-order valence-corrected chi connectivity index (χ4v) is 1.83. The summed E-state index contributed by atoms with van der Waals surface area (Å²) in [5, 5.41) is 8.86. The Morgan fingerprint density at radius 2 is 2.12 bits per heavy atom. The molecule has 1 aromatic carbocycles. The fraction of sp³-hybridized carbons (Fsp3) is 0.286. The van der Waals surface area contributed by atoms with Gasteiger partial charge in [-0.15, -0.1) is 0 Å². The fourth-order valence-electron chi connectivity index (χ4n) is 1.83. The van der Waals surface area contributed by atoms with Gasteiger partial charge in [0, 0.05) is 18.7 Å². The summed E-state index contributed by atoms with van der Waals surface area (Å²) in [5.74, 6) is 0.886. The van der Waals surface area contributed by atoms with Crippen LogP contribution in [0.25, 0.3) is 11.3 Å². The molecule has 0 spiro atoms. The summed E-state index contributed by atoms with van der Waals surface area (Å²) in [5.41, 5.74) is 2.31. The summed E-state index contributed by atoms with van der Waals surface area (Å²) in [6.45, 7) is 1.70. The molecule has 2 rings (SSSR count). The normalized spacial score (nSPS) is 11.0. The molecule has 3 heteroatoms. The Hall–Kier alpha value is -1.58. The van der Waals surface area contributed by atoms with Crippen LogP contribution in [0, 0.1) is 0 Å². The molecule has 0 saturated carbocycles. The van der Waals surface area contributed by atoms with E-state index in [-0.39, 0.29) is 6.61 Å². The molecule has 0 aliphatic heterocycles. The second-order valence-corrected chi connectivity index (χ2v) is 4.14. The van der Waals surface area contributed by atoms with Crippen LogP contribution in [-0.4, -0.2) is 30.2 Å². The van der Waals surface area contributed by atoms with Gasteiger partial charge >= 0.3 is 0 Å². The predicted octanol–water partition coefficient (Wildman–Crippen LogP) is 2.37. The maximum atomic E-state index is 8.86. The number of hydrogen-bond donors (Lipinski definition) is 1. The molecule has 0 aliphatic rings. The van der Waals surface area contributed by atoms with Crippen molar-refractivity contribution in [3.63, 3.8) is 0 Å². The van der Waals surface area contributed by atoms with Crippen LogP contribution in [0.1, 0.15) is 5.56 Å². The number of rotatable bonds is 5. The Bertz CT molecular complexity index is 451. The first-order chi connectivity index (χ1) is 8.29. The van der Waals surface area contributed by atoms with Gasteiger partial charge in [0.15, 0.2) is 0 Å². The average molecular weight is 231 g/mol. The second-order valence-electron chi connectivity index (χ2n) is 4.14. The Labute approximate surface area is 101 Å². The first-order valence-corrected chi connectivity index (χ1v) is 5.72. The lowest BCUT2D eigenvalue weighted by Gasteiger charge is -2.15. The van der Waals surface area contributed by atoms with Gasteiger partial charge in [0.1, 0.15) is 5.76 Å². The first-order valence-electron chi connectivity index (χ1n) is 5.72. The van der Waals surface area contributed by atoms with Crippen molar-refractivity contribution in [3.8, 4) is 11.3 Å². The maximum Gasteiger partial charge on any atom is 0.133 e. The van der Waals surface area contributed by atoms with Gasteiger partial charge in [-0.3, -0.25) is 4.90 Å². The van der Waals surface area contributed by atoms with E-state index in [9.17, 15) is 0 Å². The van der Waals surface area contributed by atoms with E-state index in [1.807, 2.05) is 31.3 Å². The predicted molar refractivity (Wildman–Crippen MR) is 67.6 cm³/mol. The van der Waals surface area contributed by atoms with E-state index in [0.717, 1.165) is 17.9 Å². The molecule has 1 aromatic heterocycles. The molecule has 0 amide bonds. The van der Waals surface area contributed by atoms with Crippen molar-refractivity contribution < 1.29 is 9.52 Å². The van der Waals surface area contributed by atoms with Crippen LogP contribution in [0.5, 0.6) is 0 Å². The summed E-state index contributed by atoms with van der Waals surface area (Å²) < 4.78 is 5.37. The molecule has 17 heavy (non-hydrogen) atoms. The third-order valence-corrected chi connectivity index (χ3v) is 2.67. The van der Waals surface area contributed by atoms with E-state index in [1.165, 1.54) is 5.56 Å². The summed E-state index contributed by atoms with van der Waals surface area (Å²) in [7, 11) is 2.00. The molecule has 0 aliphatic carbocycles. The van der Waals surface area contributed by atoms with Gasteiger partial charge in [-0.05, 0) is 30.8 Å². The number of aliphatic hydroxyl groups is 1. The van der Waals surface area contributed by atoms with Crippen molar-refractivity contribution >= 4 is 0 Å². The molecule has 90 valence electrons. The highest BCUT2D eigenvalue weighted by Gasteiger charge is 2.03. The largest absolute Gasteiger partial charge is 0.464 e. The van der Waals surface area contributed by atoms with E-state index >= 15 is 0 Å². The molecular formula is C14H17NO2. The minimum absolute atomic E-state index is 0.189. The quantitative estimate of drug-likeness (QED) is 0.858. The number of benzene rings is 1. The molecule has 0 saturated heterocycles. The Morgan fingerprint density at radius 1 is 1.24 bits per heavy atom. The van der Waals surface area contributed by atoms with Crippen LogP contribution in [0.3, 0.4) is 0 Å². The van der Waals surface area contributed by atoms with E-state index < -0.39 is 0 Å². The van der Waals surface area contributed by atoms with Gasteiger partial charge < -0.3 is 9.52 Å². The van der Waals surface area contributed by atoms with Crippen molar-refractivity contribution in [1.29, 1.82) is 0 Å². The molecular weight excluding hydrogens is 214 g/mol. The third kappa shape index (κ3) is 3.19. The van der Waals surface area contributed by atoms with Crippen molar-refractivity contribution in [2.75, 3.05) is 20.2 Å². The topological polar surface area (TPSA) is 36.6 Å². The van der Waals surface area contributed by atoms with E-state index in [0.29, 0.717) is 6.54 Å². The Morgan fingerprint density at radius 3 is 2.82 bits per heavy atom. The summed E-state index contributed by atoms with van der Waals surface area (Å²) in [4.78, 5) is 2.08. The molecule has 1 N–H and O–H groups in total. The zero-order valence-electron chi connectivity index (χ0n) is 9.97. The van der Waals surface area contributed by atoms with Crippen molar-refractivity contribution in [2.45, 2.75) is 6.54 Å². The van der Waals surface area contributed by atoms with Crippen LogP contribution in [0.4, 0.5) is 0 Å². The molecule has 0 radical (unpaired) electrons. The van der Waals surface area contributed by atoms with Gasteiger partial charge in [0.25, 0.3) is 0 Å². The minimum atomic E-state index is 0.189.